The topological polar surface area (TPSA) is 82.1 Å². The first kappa shape index (κ1) is 16.5. The second-order valence-electron chi connectivity index (χ2n) is 4.61. The Morgan fingerprint density at radius 3 is 2.43 bits per heavy atom. The minimum Gasteiger partial charge on any atom is -0.496 e. The summed E-state index contributed by atoms with van der Waals surface area (Å²) in [6, 6.07) is 10.9. The highest BCUT2D eigenvalue weighted by molar-refractivity contribution is 5.94. The van der Waals surface area contributed by atoms with E-state index in [-0.39, 0.29) is 23.7 Å². The van der Waals surface area contributed by atoms with Crippen molar-refractivity contribution >= 4 is 11.9 Å². The molecule has 120 valence electrons. The Bertz CT molecular complexity index is 723. The number of benzene rings is 2. The van der Waals surface area contributed by atoms with Crippen LogP contribution in [0.5, 0.6) is 17.2 Å². The third kappa shape index (κ3) is 4.08. The molecular weight excluding hydrogens is 300 g/mol. The summed E-state index contributed by atoms with van der Waals surface area (Å²) in [7, 11) is 1.48. The molecule has 0 saturated carbocycles. The summed E-state index contributed by atoms with van der Waals surface area (Å²) in [6.45, 7) is 0.998. The van der Waals surface area contributed by atoms with Gasteiger partial charge in [-0.15, -0.1) is 0 Å². The number of ether oxygens (including phenoxy) is 3. The molecule has 0 amide bonds. The summed E-state index contributed by atoms with van der Waals surface area (Å²) in [5, 5.41) is 9.29. The molecule has 0 unspecified atom stereocenters. The van der Waals surface area contributed by atoms with Gasteiger partial charge >= 0.3 is 11.9 Å². The van der Waals surface area contributed by atoms with Gasteiger partial charge in [0.1, 0.15) is 22.8 Å². The SMILES string of the molecule is COc1ccc(OC(=O)c2ccccc2OC(C)=O)cc1CO. The van der Waals surface area contributed by atoms with E-state index < -0.39 is 11.9 Å². The standard InChI is InChI=1S/C17H16O6/c1-11(19)22-16-6-4-3-5-14(16)17(20)23-13-7-8-15(21-2)12(9-13)10-18/h3-9,18H,10H2,1-2H3. The van der Waals surface area contributed by atoms with Gasteiger partial charge in [-0.3, -0.25) is 4.79 Å². The first-order valence-corrected chi connectivity index (χ1v) is 6.82. The number of para-hydroxylation sites is 1. The molecule has 0 aliphatic rings. The number of hydrogen-bond donors (Lipinski definition) is 1. The molecule has 23 heavy (non-hydrogen) atoms. The second kappa shape index (κ2) is 7.42. The van der Waals surface area contributed by atoms with Crippen LogP contribution in [0.2, 0.25) is 0 Å². The van der Waals surface area contributed by atoms with Crippen LogP contribution in [-0.4, -0.2) is 24.2 Å². The summed E-state index contributed by atoms with van der Waals surface area (Å²) in [6.07, 6.45) is 0. The molecule has 0 aromatic heterocycles. The lowest BCUT2D eigenvalue weighted by Gasteiger charge is -2.11. The van der Waals surface area contributed by atoms with Crippen molar-refractivity contribution in [2.24, 2.45) is 0 Å². The number of carbonyl (C=O) groups excluding carboxylic acids is 2. The Kier molecular flexibility index (Phi) is 5.32. The molecule has 1 N–H and O–H groups in total. The maximum atomic E-state index is 12.3. The number of aliphatic hydroxyl groups is 1. The van der Waals surface area contributed by atoms with E-state index in [1.165, 1.54) is 32.2 Å². The van der Waals surface area contributed by atoms with Crippen LogP contribution in [0.3, 0.4) is 0 Å². The van der Waals surface area contributed by atoms with Gasteiger partial charge in [-0.05, 0) is 30.3 Å². The lowest BCUT2D eigenvalue weighted by Crippen LogP contribution is -2.12. The van der Waals surface area contributed by atoms with Crippen molar-refractivity contribution in [3.63, 3.8) is 0 Å². The van der Waals surface area contributed by atoms with E-state index in [1.807, 2.05) is 0 Å². The highest BCUT2D eigenvalue weighted by Gasteiger charge is 2.16. The molecule has 0 radical (unpaired) electrons. The van der Waals surface area contributed by atoms with Gasteiger partial charge in [-0.1, -0.05) is 12.1 Å². The number of rotatable bonds is 5. The Balaban J connectivity index is 2.24. The summed E-state index contributed by atoms with van der Waals surface area (Å²) < 4.78 is 15.3. The van der Waals surface area contributed by atoms with Crippen molar-refractivity contribution in [2.75, 3.05) is 7.11 Å². The molecule has 0 atom stereocenters. The molecule has 6 heteroatoms. The van der Waals surface area contributed by atoms with Crippen LogP contribution in [0.25, 0.3) is 0 Å². The average molecular weight is 316 g/mol. The first-order chi connectivity index (χ1) is 11.0. The van der Waals surface area contributed by atoms with Gasteiger partial charge in [0.15, 0.2) is 0 Å². The van der Waals surface area contributed by atoms with Crippen molar-refractivity contribution in [1.82, 2.24) is 0 Å². The van der Waals surface area contributed by atoms with Crippen LogP contribution in [0, 0.1) is 0 Å². The molecule has 0 saturated heterocycles. The van der Waals surface area contributed by atoms with Gasteiger partial charge in [0.25, 0.3) is 0 Å². The molecule has 0 fully saturated rings. The minimum absolute atomic E-state index is 0.126. The van der Waals surface area contributed by atoms with Gasteiger partial charge in [0.05, 0.1) is 13.7 Å². The Hall–Kier alpha value is -2.86. The maximum absolute atomic E-state index is 12.3. The third-order valence-corrected chi connectivity index (χ3v) is 2.99. The number of aliphatic hydroxyl groups excluding tert-OH is 1. The van der Waals surface area contributed by atoms with Crippen molar-refractivity contribution in [3.8, 4) is 17.2 Å². The fraction of sp³-hybridized carbons (Fsp3) is 0.176. The fourth-order valence-electron chi connectivity index (χ4n) is 1.98. The zero-order chi connectivity index (χ0) is 16.8. The van der Waals surface area contributed by atoms with Crippen LogP contribution in [0.4, 0.5) is 0 Å². The predicted octanol–water partition coefficient (Wildman–Crippen LogP) is 2.33. The largest absolute Gasteiger partial charge is 0.496 e. The molecule has 0 spiro atoms. The van der Waals surface area contributed by atoms with E-state index in [0.29, 0.717) is 11.3 Å². The Morgan fingerprint density at radius 1 is 1.04 bits per heavy atom. The number of carbonyl (C=O) groups is 2. The number of methoxy groups -OCH3 is 1. The molecule has 0 aliphatic heterocycles. The molecule has 6 nitrogen and oxygen atoms in total. The zero-order valence-corrected chi connectivity index (χ0v) is 12.7. The van der Waals surface area contributed by atoms with E-state index in [0.717, 1.165) is 0 Å². The van der Waals surface area contributed by atoms with Crippen molar-refractivity contribution in [3.05, 3.63) is 53.6 Å². The minimum atomic E-state index is -0.670. The van der Waals surface area contributed by atoms with Gasteiger partial charge in [0.2, 0.25) is 0 Å². The molecule has 0 bridgehead atoms. The fourth-order valence-corrected chi connectivity index (χ4v) is 1.98. The average Bonchev–Trinajstić information content (AvgIpc) is 2.54. The quantitative estimate of drug-likeness (QED) is 0.673. The van der Waals surface area contributed by atoms with Crippen molar-refractivity contribution < 1.29 is 28.9 Å². The molecule has 2 aromatic rings. The van der Waals surface area contributed by atoms with E-state index >= 15 is 0 Å². The van der Waals surface area contributed by atoms with Crippen LogP contribution in [-0.2, 0) is 11.4 Å². The summed E-state index contributed by atoms with van der Waals surface area (Å²) in [5.41, 5.74) is 0.620. The molecule has 0 heterocycles. The molecule has 2 aromatic carbocycles. The van der Waals surface area contributed by atoms with E-state index in [2.05, 4.69) is 0 Å². The monoisotopic (exact) mass is 316 g/mol. The van der Waals surface area contributed by atoms with Gasteiger partial charge in [-0.2, -0.15) is 0 Å². The van der Waals surface area contributed by atoms with Gasteiger partial charge in [-0.25, -0.2) is 4.79 Å². The van der Waals surface area contributed by atoms with Gasteiger partial charge < -0.3 is 19.3 Å². The molecule has 2 rings (SSSR count). The van der Waals surface area contributed by atoms with E-state index in [4.69, 9.17) is 14.2 Å². The number of esters is 2. The second-order valence-corrected chi connectivity index (χ2v) is 4.61. The van der Waals surface area contributed by atoms with E-state index in [1.54, 1.807) is 24.3 Å². The van der Waals surface area contributed by atoms with Crippen LogP contribution in [0.1, 0.15) is 22.8 Å². The lowest BCUT2D eigenvalue weighted by atomic mass is 10.2. The highest BCUT2D eigenvalue weighted by atomic mass is 16.5. The van der Waals surface area contributed by atoms with Crippen LogP contribution >= 0.6 is 0 Å². The third-order valence-electron chi connectivity index (χ3n) is 2.99. The normalized spacial score (nSPS) is 10.0. The highest BCUT2D eigenvalue weighted by Crippen LogP contribution is 2.26. The maximum Gasteiger partial charge on any atom is 0.347 e. The Labute approximate surface area is 133 Å². The lowest BCUT2D eigenvalue weighted by molar-refractivity contribution is -0.131. The summed E-state index contributed by atoms with van der Waals surface area (Å²) in [4.78, 5) is 23.3. The van der Waals surface area contributed by atoms with Crippen LogP contribution in [0.15, 0.2) is 42.5 Å². The smallest absolute Gasteiger partial charge is 0.347 e. The summed E-state index contributed by atoms with van der Waals surface area (Å²) >= 11 is 0. The predicted molar refractivity (Wildman–Crippen MR) is 81.6 cm³/mol. The van der Waals surface area contributed by atoms with Crippen molar-refractivity contribution in [2.45, 2.75) is 13.5 Å². The van der Waals surface area contributed by atoms with Crippen molar-refractivity contribution in [1.29, 1.82) is 0 Å². The zero-order valence-electron chi connectivity index (χ0n) is 12.7. The molecule has 0 aliphatic carbocycles. The van der Waals surface area contributed by atoms with Gasteiger partial charge in [0, 0.05) is 12.5 Å². The van der Waals surface area contributed by atoms with Crippen LogP contribution < -0.4 is 14.2 Å². The summed E-state index contributed by atoms with van der Waals surface area (Å²) in [5.74, 6) is -0.334. The molecular formula is C17H16O6. The Morgan fingerprint density at radius 2 is 1.78 bits per heavy atom. The van der Waals surface area contributed by atoms with E-state index in [9.17, 15) is 14.7 Å². The number of hydrogen-bond acceptors (Lipinski definition) is 6. The first-order valence-electron chi connectivity index (χ1n) is 6.82.